The Kier molecular flexibility index (Phi) is 10.7. The van der Waals surface area contributed by atoms with E-state index >= 15 is 0 Å². The quantitative estimate of drug-likeness (QED) is 0.412. The topological polar surface area (TPSA) is 120 Å². The van der Waals surface area contributed by atoms with E-state index in [4.69, 9.17) is 0 Å². The molecular weight excluding hydrogens is 386 g/mol. The second kappa shape index (κ2) is 12.7. The van der Waals surface area contributed by atoms with Gasteiger partial charge in [-0.15, -0.1) is 0 Å². The summed E-state index contributed by atoms with van der Waals surface area (Å²) in [5.74, 6) is -2.18. The molecule has 0 aliphatic rings. The van der Waals surface area contributed by atoms with Gasteiger partial charge in [0.2, 0.25) is 17.6 Å². The van der Waals surface area contributed by atoms with E-state index in [0.29, 0.717) is 19.4 Å². The molecule has 3 amide bonds. The van der Waals surface area contributed by atoms with Gasteiger partial charge in [-0.3, -0.25) is 24.2 Å². The molecule has 0 saturated carbocycles. The molecule has 166 valence electrons. The maximum atomic E-state index is 12.5. The van der Waals surface area contributed by atoms with E-state index in [2.05, 4.69) is 20.9 Å². The summed E-state index contributed by atoms with van der Waals surface area (Å²) in [6, 6.07) is 3.66. The molecule has 0 aromatic carbocycles. The number of aromatic nitrogens is 1. The third-order valence-corrected chi connectivity index (χ3v) is 4.86. The first-order valence-electron chi connectivity index (χ1n) is 10.2. The SMILES string of the molecule is CC[C@H](C)NC(=O)C(=O)C(C)NC(=O)[C@H](CC(=O)N(C)CCc1ccccn1)NC. The highest BCUT2D eigenvalue weighted by Crippen LogP contribution is 2.02. The second-order valence-corrected chi connectivity index (χ2v) is 7.31. The molecule has 9 heteroatoms. The molecule has 0 spiro atoms. The predicted molar refractivity (Wildman–Crippen MR) is 114 cm³/mol. The van der Waals surface area contributed by atoms with Crippen LogP contribution in [0, 0.1) is 0 Å². The summed E-state index contributed by atoms with van der Waals surface area (Å²) in [5.41, 5.74) is 0.878. The average molecular weight is 420 g/mol. The number of hydrogen-bond acceptors (Lipinski definition) is 6. The van der Waals surface area contributed by atoms with Crippen LogP contribution in [0.4, 0.5) is 0 Å². The minimum absolute atomic E-state index is 0.0684. The van der Waals surface area contributed by atoms with Crippen molar-refractivity contribution in [2.75, 3.05) is 20.6 Å². The maximum Gasteiger partial charge on any atom is 0.289 e. The third-order valence-electron chi connectivity index (χ3n) is 4.86. The minimum Gasteiger partial charge on any atom is -0.347 e. The molecule has 1 heterocycles. The van der Waals surface area contributed by atoms with E-state index < -0.39 is 29.7 Å². The summed E-state index contributed by atoms with van der Waals surface area (Å²) in [5, 5.41) is 7.89. The van der Waals surface area contributed by atoms with Crippen LogP contribution in [0.3, 0.4) is 0 Å². The molecule has 3 atom stereocenters. The molecule has 0 saturated heterocycles. The van der Waals surface area contributed by atoms with Gasteiger partial charge in [-0.25, -0.2) is 0 Å². The van der Waals surface area contributed by atoms with Gasteiger partial charge in [0, 0.05) is 37.9 Å². The van der Waals surface area contributed by atoms with Gasteiger partial charge >= 0.3 is 0 Å². The Morgan fingerprint density at radius 2 is 1.83 bits per heavy atom. The monoisotopic (exact) mass is 419 g/mol. The number of hydrogen-bond donors (Lipinski definition) is 3. The van der Waals surface area contributed by atoms with Crippen LogP contribution in [-0.2, 0) is 25.6 Å². The second-order valence-electron chi connectivity index (χ2n) is 7.31. The van der Waals surface area contributed by atoms with Crippen LogP contribution in [0.1, 0.15) is 39.3 Å². The van der Waals surface area contributed by atoms with E-state index in [1.54, 1.807) is 32.1 Å². The Balaban J connectivity index is 2.55. The zero-order chi connectivity index (χ0) is 22.7. The molecule has 1 unspecified atom stereocenters. The lowest BCUT2D eigenvalue weighted by molar-refractivity contribution is -0.140. The van der Waals surface area contributed by atoms with Crippen LogP contribution in [0.5, 0.6) is 0 Å². The lowest BCUT2D eigenvalue weighted by Gasteiger charge is -2.22. The van der Waals surface area contributed by atoms with Crippen LogP contribution in [-0.4, -0.2) is 72.2 Å². The summed E-state index contributed by atoms with van der Waals surface area (Å²) < 4.78 is 0. The van der Waals surface area contributed by atoms with Gasteiger partial charge in [-0.1, -0.05) is 13.0 Å². The molecule has 1 rings (SSSR count). The Labute approximate surface area is 178 Å². The fourth-order valence-corrected chi connectivity index (χ4v) is 2.58. The fourth-order valence-electron chi connectivity index (χ4n) is 2.58. The van der Waals surface area contributed by atoms with E-state index in [0.717, 1.165) is 5.69 Å². The van der Waals surface area contributed by atoms with E-state index in [-0.39, 0.29) is 18.4 Å². The molecule has 0 aliphatic heterocycles. The lowest BCUT2D eigenvalue weighted by atomic mass is 10.1. The fraction of sp³-hybridized carbons (Fsp3) is 0.571. The van der Waals surface area contributed by atoms with Crippen LogP contribution >= 0.6 is 0 Å². The lowest BCUT2D eigenvalue weighted by Crippen LogP contribution is -2.53. The largest absolute Gasteiger partial charge is 0.347 e. The summed E-state index contributed by atoms with van der Waals surface area (Å²) in [6.45, 7) is 5.60. The third kappa shape index (κ3) is 8.28. The molecule has 1 aromatic heterocycles. The average Bonchev–Trinajstić information content (AvgIpc) is 2.75. The van der Waals surface area contributed by atoms with Crippen molar-refractivity contribution < 1.29 is 19.2 Å². The van der Waals surface area contributed by atoms with E-state index in [1.165, 1.54) is 6.92 Å². The number of nitrogens with one attached hydrogen (secondary N) is 3. The first-order valence-corrected chi connectivity index (χ1v) is 10.2. The highest BCUT2D eigenvalue weighted by molar-refractivity contribution is 6.38. The van der Waals surface area contributed by atoms with Gasteiger partial charge in [0.1, 0.15) is 0 Å². The number of carbonyl (C=O) groups excluding carboxylic acids is 4. The van der Waals surface area contributed by atoms with Crippen molar-refractivity contribution in [3.63, 3.8) is 0 Å². The summed E-state index contributed by atoms with van der Waals surface area (Å²) in [4.78, 5) is 54.8. The molecular formula is C21H33N5O4. The minimum atomic E-state index is -0.991. The van der Waals surface area contributed by atoms with Crippen molar-refractivity contribution in [2.45, 2.75) is 58.2 Å². The first kappa shape index (κ1) is 25.2. The van der Waals surface area contributed by atoms with E-state index in [9.17, 15) is 19.2 Å². The van der Waals surface area contributed by atoms with Gasteiger partial charge in [-0.2, -0.15) is 0 Å². The molecule has 0 aliphatic carbocycles. The Bertz CT molecular complexity index is 725. The van der Waals surface area contributed by atoms with Crippen molar-refractivity contribution in [1.82, 2.24) is 25.8 Å². The smallest absolute Gasteiger partial charge is 0.289 e. The molecule has 9 nitrogen and oxygen atoms in total. The van der Waals surface area contributed by atoms with Crippen molar-refractivity contribution in [2.24, 2.45) is 0 Å². The van der Waals surface area contributed by atoms with Gasteiger partial charge < -0.3 is 20.9 Å². The number of nitrogens with zero attached hydrogens (tertiary/aromatic N) is 2. The number of pyridine rings is 1. The van der Waals surface area contributed by atoms with Gasteiger partial charge in [0.25, 0.3) is 5.91 Å². The summed E-state index contributed by atoms with van der Waals surface area (Å²) in [6.07, 6.45) is 2.93. The molecule has 30 heavy (non-hydrogen) atoms. The van der Waals surface area contributed by atoms with Crippen LogP contribution < -0.4 is 16.0 Å². The number of Topliss-reactive ketones (excluding diaryl/α,β-unsaturated/α-hetero) is 1. The zero-order valence-corrected chi connectivity index (χ0v) is 18.4. The van der Waals surface area contributed by atoms with Crippen molar-refractivity contribution >= 4 is 23.5 Å². The van der Waals surface area contributed by atoms with Crippen molar-refractivity contribution in [3.8, 4) is 0 Å². The van der Waals surface area contributed by atoms with Gasteiger partial charge in [0.15, 0.2) is 0 Å². The Morgan fingerprint density at radius 3 is 2.40 bits per heavy atom. The summed E-state index contributed by atoms with van der Waals surface area (Å²) in [7, 11) is 3.23. The van der Waals surface area contributed by atoms with E-state index in [1.807, 2.05) is 25.1 Å². The van der Waals surface area contributed by atoms with Crippen molar-refractivity contribution in [1.29, 1.82) is 0 Å². The first-order chi connectivity index (χ1) is 14.2. The van der Waals surface area contributed by atoms with Crippen LogP contribution in [0.25, 0.3) is 0 Å². The van der Waals surface area contributed by atoms with Gasteiger partial charge in [0.05, 0.1) is 18.5 Å². The Hall–Kier alpha value is -2.81. The summed E-state index contributed by atoms with van der Waals surface area (Å²) >= 11 is 0. The van der Waals surface area contributed by atoms with Crippen LogP contribution in [0.15, 0.2) is 24.4 Å². The molecule has 0 fully saturated rings. The molecule has 0 bridgehead atoms. The maximum absolute atomic E-state index is 12.5. The molecule has 3 N–H and O–H groups in total. The highest BCUT2D eigenvalue weighted by atomic mass is 16.2. The molecule has 1 aromatic rings. The van der Waals surface area contributed by atoms with Gasteiger partial charge in [-0.05, 0) is 39.4 Å². The number of rotatable bonds is 12. The number of likely N-dealkylation sites (N-methyl/N-ethyl adjacent to an activating group) is 2. The predicted octanol–water partition coefficient (Wildman–Crippen LogP) is 0.0491. The number of carbonyl (C=O) groups is 4. The number of ketones is 1. The molecule has 0 radical (unpaired) electrons. The Morgan fingerprint density at radius 1 is 1.13 bits per heavy atom. The zero-order valence-electron chi connectivity index (χ0n) is 18.4. The highest BCUT2D eigenvalue weighted by Gasteiger charge is 2.28. The van der Waals surface area contributed by atoms with Crippen LogP contribution in [0.2, 0.25) is 0 Å². The normalized spacial score (nSPS) is 13.6. The van der Waals surface area contributed by atoms with Crippen molar-refractivity contribution in [3.05, 3.63) is 30.1 Å². The standard InChI is InChI=1S/C21H33N5O4/c1-6-14(2)24-21(30)19(28)15(3)25-20(29)17(22-4)13-18(27)26(5)12-10-16-9-7-8-11-23-16/h7-9,11,14-15,17,22H,6,10,12-13H2,1-5H3,(H,24,30)(H,25,29)/t14-,15?,17-/m0/s1. The number of amides is 3.